The monoisotopic (exact) mass is 619 g/mol. The van der Waals surface area contributed by atoms with Gasteiger partial charge in [-0.05, 0) is 79.9 Å². The molecule has 13 heteroatoms. The number of ether oxygens (including phenoxy) is 1. The number of likely N-dealkylation sites (tertiary alicyclic amines) is 1. The number of hydrogen-bond acceptors (Lipinski definition) is 7. The van der Waals surface area contributed by atoms with Crippen molar-refractivity contribution in [3.63, 3.8) is 0 Å². The number of carbonyl (C=O) groups excluding carboxylic acids is 1. The number of hydrogen-bond donors (Lipinski definition) is 3. The number of nitrogens with zero attached hydrogens (tertiary/aromatic N) is 4. The number of urea groups is 1. The Hall–Kier alpha value is -4.59. The molecule has 2 amide bonds. The topological polar surface area (TPSA) is 129 Å². The van der Waals surface area contributed by atoms with Crippen molar-refractivity contribution in [3.05, 3.63) is 102 Å². The zero-order valence-electron chi connectivity index (χ0n) is 24.4. The maximum atomic E-state index is 14.2. The van der Waals surface area contributed by atoms with Gasteiger partial charge in [0.2, 0.25) is 5.88 Å². The van der Waals surface area contributed by atoms with Crippen molar-refractivity contribution >= 4 is 33.3 Å². The molecular formula is C31H34FN7O4S. The fourth-order valence-corrected chi connectivity index (χ4v) is 5.47. The Morgan fingerprint density at radius 3 is 2.39 bits per heavy atom. The molecule has 0 aliphatic carbocycles. The first-order valence-corrected chi connectivity index (χ1v) is 15.6. The van der Waals surface area contributed by atoms with Gasteiger partial charge in [-0.25, -0.2) is 18.9 Å². The van der Waals surface area contributed by atoms with Gasteiger partial charge in [-0.3, -0.25) is 19.5 Å². The third-order valence-corrected chi connectivity index (χ3v) is 8.23. The quantitative estimate of drug-likeness (QED) is 0.220. The zero-order valence-corrected chi connectivity index (χ0v) is 25.2. The molecule has 230 valence electrons. The Morgan fingerprint density at radius 2 is 1.75 bits per heavy atom. The summed E-state index contributed by atoms with van der Waals surface area (Å²) in [5.41, 5.74) is 3.35. The third-order valence-electron chi connectivity index (χ3n) is 7.19. The molecule has 0 bridgehead atoms. The Morgan fingerprint density at radius 1 is 1.00 bits per heavy atom. The van der Waals surface area contributed by atoms with Gasteiger partial charge in [-0.2, -0.15) is 8.42 Å². The molecule has 5 rings (SSSR count). The highest BCUT2D eigenvalue weighted by molar-refractivity contribution is 7.90. The molecule has 4 aromatic rings. The SMILES string of the molecule is CNS(=O)(=O)Nc1ccc(Oc2ccc(CN3CCC(N(C(=O)Nc4ccc(C)nc4)c4cccc(F)c4)CC3)cn2)cc1. The first kappa shape index (κ1) is 30.9. The highest BCUT2D eigenvalue weighted by Gasteiger charge is 2.30. The van der Waals surface area contributed by atoms with Gasteiger partial charge in [0.1, 0.15) is 11.6 Å². The maximum Gasteiger partial charge on any atom is 0.326 e. The smallest absolute Gasteiger partial charge is 0.326 e. The van der Waals surface area contributed by atoms with Crippen LogP contribution in [0, 0.1) is 12.7 Å². The van der Waals surface area contributed by atoms with Gasteiger partial charge in [0, 0.05) is 56.4 Å². The maximum absolute atomic E-state index is 14.2. The fourth-order valence-electron chi connectivity index (χ4n) is 4.92. The van der Waals surface area contributed by atoms with E-state index in [0.29, 0.717) is 48.1 Å². The van der Waals surface area contributed by atoms with E-state index in [4.69, 9.17) is 4.74 Å². The summed E-state index contributed by atoms with van der Waals surface area (Å²) in [7, 11) is -2.27. The van der Waals surface area contributed by atoms with Crippen LogP contribution in [0.3, 0.4) is 0 Å². The molecule has 0 saturated carbocycles. The van der Waals surface area contributed by atoms with Gasteiger partial charge < -0.3 is 10.1 Å². The number of anilines is 3. The second kappa shape index (κ2) is 13.8. The predicted octanol–water partition coefficient (Wildman–Crippen LogP) is 5.30. The predicted molar refractivity (Wildman–Crippen MR) is 168 cm³/mol. The largest absolute Gasteiger partial charge is 0.439 e. The van der Waals surface area contributed by atoms with E-state index in [-0.39, 0.29) is 12.1 Å². The Labute approximate surface area is 256 Å². The molecule has 0 unspecified atom stereocenters. The van der Waals surface area contributed by atoms with Gasteiger partial charge in [-0.1, -0.05) is 12.1 Å². The van der Waals surface area contributed by atoms with Gasteiger partial charge in [0.25, 0.3) is 10.2 Å². The average Bonchev–Trinajstić information content (AvgIpc) is 3.01. The third kappa shape index (κ3) is 8.28. The van der Waals surface area contributed by atoms with Crippen LogP contribution in [0.1, 0.15) is 24.1 Å². The Balaban J connectivity index is 1.17. The molecule has 1 saturated heterocycles. The molecule has 0 radical (unpaired) electrons. The minimum atomic E-state index is -3.59. The molecule has 3 N–H and O–H groups in total. The van der Waals surface area contributed by atoms with Gasteiger partial charge in [0.05, 0.1) is 17.6 Å². The second-order valence-corrected chi connectivity index (χ2v) is 12.0. The van der Waals surface area contributed by atoms with Gasteiger partial charge >= 0.3 is 6.03 Å². The molecule has 11 nitrogen and oxygen atoms in total. The first-order chi connectivity index (χ1) is 21.2. The van der Waals surface area contributed by atoms with Crippen molar-refractivity contribution in [3.8, 4) is 11.6 Å². The number of amides is 2. The lowest BCUT2D eigenvalue weighted by Crippen LogP contribution is -2.49. The second-order valence-electron chi connectivity index (χ2n) is 10.4. The normalized spacial score (nSPS) is 14.2. The average molecular weight is 620 g/mol. The number of rotatable bonds is 10. The molecule has 44 heavy (non-hydrogen) atoms. The van der Waals surface area contributed by atoms with Crippen LogP contribution >= 0.6 is 0 Å². The van der Waals surface area contributed by atoms with E-state index in [9.17, 15) is 17.6 Å². The van der Waals surface area contributed by atoms with Crippen molar-refractivity contribution < 1.29 is 22.3 Å². The summed E-state index contributed by atoms with van der Waals surface area (Å²) < 4.78 is 47.8. The highest BCUT2D eigenvalue weighted by Crippen LogP contribution is 2.27. The molecule has 1 aliphatic rings. The van der Waals surface area contributed by atoms with E-state index in [1.807, 2.05) is 19.1 Å². The fraction of sp³-hybridized carbons (Fsp3) is 0.258. The van der Waals surface area contributed by atoms with Crippen LogP contribution in [0.5, 0.6) is 11.6 Å². The number of piperidine rings is 1. The van der Waals surface area contributed by atoms with Crippen LogP contribution in [0.4, 0.5) is 26.2 Å². The summed E-state index contributed by atoms with van der Waals surface area (Å²) in [6.07, 6.45) is 4.80. The van der Waals surface area contributed by atoms with Crippen LogP contribution in [0.15, 0.2) is 85.2 Å². The van der Waals surface area contributed by atoms with Gasteiger partial charge in [-0.15, -0.1) is 0 Å². The number of aryl methyl sites for hydroxylation is 1. The molecule has 0 atom stereocenters. The van der Waals surface area contributed by atoms with E-state index in [0.717, 1.165) is 24.3 Å². The first-order valence-electron chi connectivity index (χ1n) is 14.1. The molecular weight excluding hydrogens is 585 g/mol. The summed E-state index contributed by atoms with van der Waals surface area (Å²) in [5.74, 6) is 0.533. The number of aromatic nitrogens is 2. The number of pyridine rings is 2. The Kier molecular flexibility index (Phi) is 9.68. The lowest BCUT2D eigenvalue weighted by Gasteiger charge is -2.38. The van der Waals surface area contributed by atoms with E-state index >= 15 is 0 Å². The Bertz CT molecular complexity index is 1660. The molecule has 1 aliphatic heterocycles. The van der Waals surface area contributed by atoms with E-state index in [2.05, 4.69) is 29.6 Å². The van der Waals surface area contributed by atoms with Crippen LogP contribution < -0.4 is 24.4 Å². The molecule has 2 aromatic heterocycles. The lowest BCUT2D eigenvalue weighted by atomic mass is 10.0. The molecule has 1 fully saturated rings. The summed E-state index contributed by atoms with van der Waals surface area (Å²) in [6, 6.07) is 19.5. The minimum absolute atomic E-state index is 0.111. The molecule has 0 spiro atoms. The van der Waals surface area contributed by atoms with Crippen molar-refractivity contribution in [2.45, 2.75) is 32.4 Å². The summed E-state index contributed by atoms with van der Waals surface area (Å²) in [6.45, 7) is 4.05. The van der Waals surface area contributed by atoms with Crippen molar-refractivity contribution in [1.82, 2.24) is 19.6 Å². The lowest BCUT2D eigenvalue weighted by molar-refractivity contribution is 0.199. The summed E-state index contributed by atoms with van der Waals surface area (Å²) in [4.78, 5) is 26.0. The van der Waals surface area contributed by atoms with Crippen molar-refractivity contribution in [2.24, 2.45) is 0 Å². The standard InChI is InChI=1S/C31H34FN7O4S/c1-22-6-8-26(20-34-22)36-31(40)39(28-5-3-4-24(32)18-28)27-14-16-38(17-15-27)21-23-7-13-30(35-19-23)43-29-11-9-25(10-12-29)37-44(41,42)33-2/h3-13,18-20,27,33,37H,14-17,21H2,1-2H3,(H,36,40). The van der Waals surface area contributed by atoms with Crippen molar-refractivity contribution in [2.75, 3.05) is 35.1 Å². The van der Waals surface area contributed by atoms with Crippen LogP contribution in [0.2, 0.25) is 0 Å². The van der Waals surface area contributed by atoms with E-state index < -0.39 is 16.0 Å². The minimum Gasteiger partial charge on any atom is -0.439 e. The molecule has 3 heterocycles. The highest BCUT2D eigenvalue weighted by atomic mass is 32.2. The van der Waals surface area contributed by atoms with E-state index in [1.54, 1.807) is 65.8 Å². The van der Waals surface area contributed by atoms with Crippen molar-refractivity contribution in [1.29, 1.82) is 0 Å². The van der Waals surface area contributed by atoms with Crippen LogP contribution in [-0.4, -0.2) is 55.5 Å². The zero-order chi connectivity index (χ0) is 31.1. The number of carbonyl (C=O) groups is 1. The number of halogens is 1. The number of nitrogens with one attached hydrogen (secondary N) is 3. The summed E-state index contributed by atoms with van der Waals surface area (Å²) >= 11 is 0. The van der Waals surface area contributed by atoms with E-state index in [1.165, 1.54) is 19.2 Å². The molecule has 2 aromatic carbocycles. The van der Waals surface area contributed by atoms with Gasteiger partial charge in [0.15, 0.2) is 0 Å². The summed E-state index contributed by atoms with van der Waals surface area (Å²) in [5, 5.41) is 2.91. The van der Waals surface area contributed by atoms with Crippen LogP contribution in [-0.2, 0) is 16.8 Å². The number of benzene rings is 2. The van der Waals surface area contributed by atoms with Crippen LogP contribution in [0.25, 0.3) is 0 Å².